The molecule has 138 valence electrons. The highest BCUT2D eigenvalue weighted by atomic mass is 127. The molecule has 1 atom stereocenters. The largest absolute Gasteiger partial charge is 0.356 e. The fourth-order valence-corrected chi connectivity index (χ4v) is 3.34. The molecule has 1 unspecified atom stereocenters. The van der Waals surface area contributed by atoms with Crippen LogP contribution in [0.3, 0.4) is 0 Å². The molecule has 3 aromatic rings. The molecule has 0 radical (unpaired) electrons. The molecule has 0 aliphatic rings. The van der Waals surface area contributed by atoms with Gasteiger partial charge < -0.3 is 10.6 Å². The van der Waals surface area contributed by atoms with Gasteiger partial charge in [-0.2, -0.15) is 16.4 Å². The van der Waals surface area contributed by atoms with Gasteiger partial charge in [-0.1, -0.05) is 19.1 Å². The van der Waals surface area contributed by atoms with Crippen LogP contribution >= 0.6 is 35.3 Å². The second kappa shape index (κ2) is 10.3. The molecule has 0 saturated carbocycles. The van der Waals surface area contributed by atoms with Crippen LogP contribution in [0.25, 0.3) is 5.69 Å². The van der Waals surface area contributed by atoms with E-state index in [4.69, 9.17) is 0 Å². The van der Waals surface area contributed by atoms with E-state index in [1.54, 1.807) is 24.6 Å². The molecule has 26 heavy (non-hydrogen) atoms. The lowest BCUT2D eigenvalue weighted by Gasteiger charge is -2.15. The van der Waals surface area contributed by atoms with E-state index < -0.39 is 0 Å². The minimum Gasteiger partial charge on any atom is -0.356 e. The molecular weight excluding hydrogens is 457 g/mol. The number of hydrogen-bond donors (Lipinski definition) is 2. The van der Waals surface area contributed by atoms with Gasteiger partial charge in [-0.15, -0.1) is 24.0 Å². The normalized spacial score (nSPS) is 12.3. The van der Waals surface area contributed by atoms with Gasteiger partial charge in [0.05, 0.1) is 5.69 Å². The number of aromatic nitrogens is 2. The van der Waals surface area contributed by atoms with Crippen LogP contribution in [0.5, 0.6) is 0 Å². The average Bonchev–Trinajstić information content (AvgIpc) is 3.35. The lowest BCUT2D eigenvalue weighted by Crippen LogP contribution is -2.38. The number of nitrogens with zero attached hydrogens (tertiary/aromatic N) is 3. The molecule has 0 amide bonds. The number of guanidine groups is 1. The number of benzene rings is 1. The molecule has 0 bridgehead atoms. The third-order valence-electron chi connectivity index (χ3n) is 4.05. The van der Waals surface area contributed by atoms with Crippen molar-refractivity contribution in [3.8, 4) is 5.69 Å². The van der Waals surface area contributed by atoms with Gasteiger partial charge in [-0.05, 0) is 52.1 Å². The third-order valence-corrected chi connectivity index (χ3v) is 4.75. The summed E-state index contributed by atoms with van der Waals surface area (Å²) < 4.78 is 1.86. The van der Waals surface area contributed by atoms with Gasteiger partial charge in [-0.25, -0.2) is 4.68 Å². The summed E-state index contributed by atoms with van der Waals surface area (Å²) in [7, 11) is 1.80. The molecule has 2 N–H and O–H groups in total. The fraction of sp³-hybridized carbons (Fsp3) is 0.263. The number of rotatable bonds is 6. The van der Waals surface area contributed by atoms with Crippen molar-refractivity contribution in [1.29, 1.82) is 0 Å². The van der Waals surface area contributed by atoms with Crippen molar-refractivity contribution in [3.63, 3.8) is 0 Å². The number of nitrogens with one attached hydrogen (secondary N) is 2. The standard InChI is InChI=1S/C19H23N5S.HI/c1-15(17-7-10-25-14-17)12-21-19(20-2)22-13-16-5-3-6-18(11-16)24-9-4-8-23-24;/h3-11,14-15H,12-13H2,1-2H3,(H2,20,21,22);1H. The number of thiophene rings is 1. The average molecular weight is 481 g/mol. The minimum atomic E-state index is 0. The highest BCUT2D eigenvalue weighted by Crippen LogP contribution is 2.17. The molecule has 1 aromatic carbocycles. The van der Waals surface area contributed by atoms with Crippen molar-refractivity contribution >= 4 is 41.3 Å². The van der Waals surface area contributed by atoms with E-state index >= 15 is 0 Å². The molecule has 0 aliphatic heterocycles. The quantitative estimate of drug-likeness (QED) is 0.318. The zero-order valence-electron chi connectivity index (χ0n) is 14.9. The minimum absolute atomic E-state index is 0. The molecular formula is C19H24IN5S. The van der Waals surface area contributed by atoms with E-state index in [9.17, 15) is 0 Å². The Kier molecular flexibility index (Phi) is 8.11. The summed E-state index contributed by atoms with van der Waals surface area (Å²) in [5, 5.41) is 15.4. The lowest BCUT2D eigenvalue weighted by atomic mass is 10.1. The molecule has 0 saturated heterocycles. The van der Waals surface area contributed by atoms with Crippen molar-refractivity contribution in [3.05, 3.63) is 70.7 Å². The summed E-state index contributed by atoms with van der Waals surface area (Å²) in [6.45, 7) is 3.78. The van der Waals surface area contributed by atoms with E-state index in [1.807, 2.05) is 29.1 Å². The van der Waals surface area contributed by atoms with Gasteiger partial charge in [0.1, 0.15) is 0 Å². The second-order valence-corrected chi connectivity index (χ2v) is 6.66. The Bertz CT molecular complexity index is 799. The van der Waals surface area contributed by atoms with Crippen LogP contribution in [0.2, 0.25) is 0 Å². The van der Waals surface area contributed by atoms with Gasteiger partial charge >= 0.3 is 0 Å². The van der Waals surface area contributed by atoms with Gasteiger partial charge in [0.15, 0.2) is 5.96 Å². The van der Waals surface area contributed by atoms with Gasteiger partial charge in [0, 0.05) is 32.5 Å². The summed E-state index contributed by atoms with van der Waals surface area (Å²) in [6, 6.07) is 12.4. The first kappa shape index (κ1) is 20.4. The maximum Gasteiger partial charge on any atom is 0.191 e. The van der Waals surface area contributed by atoms with Crippen LogP contribution in [0.1, 0.15) is 24.0 Å². The first-order valence-corrected chi connectivity index (χ1v) is 9.26. The zero-order valence-corrected chi connectivity index (χ0v) is 18.1. The molecule has 2 aromatic heterocycles. The van der Waals surface area contributed by atoms with Crippen LogP contribution in [-0.4, -0.2) is 29.3 Å². The second-order valence-electron chi connectivity index (χ2n) is 5.88. The topological polar surface area (TPSA) is 54.2 Å². The van der Waals surface area contributed by atoms with Crippen molar-refractivity contribution < 1.29 is 0 Å². The summed E-state index contributed by atoms with van der Waals surface area (Å²) in [6.07, 6.45) is 3.73. The fourth-order valence-electron chi connectivity index (χ4n) is 2.56. The van der Waals surface area contributed by atoms with Crippen molar-refractivity contribution in [2.45, 2.75) is 19.4 Å². The SMILES string of the molecule is CN=C(NCc1cccc(-n2cccn2)c1)NCC(C)c1ccsc1.I. The van der Waals surface area contributed by atoms with E-state index in [2.05, 4.69) is 56.6 Å². The van der Waals surface area contributed by atoms with Crippen LogP contribution < -0.4 is 10.6 Å². The highest BCUT2D eigenvalue weighted by molar-refractivity contribution is 14.0. The highest BCUT2D eigenvalue weighted by Gasteiger charge is 2.07. The Morgan fingerprint density at radius 3 is 2.85 bits per heavy atom. The Labute approximate surface area is 175 Å². The summed E-state index contributed by atoms with van der Waals surface area (Å²) in [5.74, 6) is 1.26. The molecule has 0 spiro atoms. The molecule has 3 rings (SSSR count). The molecule has 5 nitrogen and oxygen atoms in total. The molecule has 7 heteroatoms. The van der Waals surface area contributed by atoms with Gasteiger partial charge in [0.2, 0.25) is 0 Å². The van der Waals surface area contributed by atoms with Crippen LogP contribution in [0, 0.1) is 0 Å². The zero-order chi connectivity index (χ0) is 17.5. The van der Waals surface area contributed by atoms with E-state index in [0.29, 0.717) is 12.5 Å². The van der Waals surface area contributed by atoms with Gasteiger partial charge in [0.25, 0.3) is 0 Å². The molecule has 2 heterocycles. The van der Waals surface area contributed by atoms with Crippen LogP contribution in [0.4, 0.5) is 0 Å². The maximum atomic E-state index is 4.31. The van der Waals surface area contributed by atoms with Crippen LogP contribution in [0.15, 0.2) is 64.5 Å². The Morgan fingerprint density at radius 2 is 2.15 bits per heavy atom. The van der Waals surface area contributed by atoms with E-state index in [0.717, 1.165) is 18.2 Å². The Morgan fingerprint density at radius 1 is 1.27 bits per heavy atom. The van der Waals surface area contributed by atoms with Crippen molar-refractivity contribution in [2.24, 2.45) is 4.99 Å². The smallest absolute Gasteiger partial charge is 0.191 e. The van der Waals surface area contributed by atoms with Crippen molar-refractivity contribution in [1.82, 2.24) is 20.4 Å². The Hall–Kier alpha value is -1.87. The summed E-state index contributed by atoms with van der Waals surface area (Å²) in [4.78, 5) is 4.31. The predicted octanol–water partition coefficient (Wildman–Crippen LogP) is 4.02. The first-order valence-electron chi connectivity index (χ1n) is 8.32. The number of aliphatic imine (C=N–C) groups is 1. The van der Waals surface area contributed by atoms with Crippen LogP contribution in [-0.2, 0) is 6.54 Å². The molecule has 0 aliphatic carbocycles. The monoisotopic (exact) mass is 481 g/mol. The summed E-state index contributed by atoms with van der Waals surface area (Å²) >= 11 is 1.73. The predicted molar refractivity (Wildman–Crippen MR) is 120 cm³/mol. The van der Waals surface area contributed by atoms with Gasteiger partial charge in [-0.3, -0.25) is 4.99 Å². The van der Waals surface area contributed by atoms with Crippen molar-refractivity contribution in [2.75, 3.05) is 13.6 Å². The first-order chi connectivity index (χ1) is 12.3. The van der Waals surface area contributed by atoms with E-state index in [1.165, 1.54) is 11.1 Å². The van der Waals surface area contributed by atoms with E-state index in [-0.39, 0.29) is 24.0 Å². The third kappa shape index (κ3) is 5.57. The summed E-state index contributed by atoms with van der Waals surface area (Å²) in [5.41, 5.74) is 3.60. The number of hydrogen-bond acceptors (Lipinski definition) is 3. The maximum absolute atomic E-state index is 4.31. The number of halogens is 1. The lowest BCUT2D eigenvalue weighted by molar-refractivity contribution is 0.700. The molecule has 0 fully saturated rings. The Balaban J connectivity index is 0.00000243.